The molecule has 0 saturated carbocycles. The monoisotopic (exact) mass is 438 g/mol. The van der Waals surface area contributed by atoms with E-state index in [0.29, 0.717) is 36.0 Å². The highest BCUT2D eigenvalue weighted by Crippen LogP contribution is 2.32. The summed E-state index contributed by atoms with van der Waals surface area (Å²) >= 11 is 0. The smallest absolute Gasteiger partial charge is 0.255 e. The first-order valence-corrected chi connectivity index (χ1v) is 11.3. The maximum Gasteiger partial charge on any atom is 0.255 e. The minimum absolute atomic E-state index is 0.0290. The number of carbonyl (C=O) groups is 1. The largest absolute Gasteiger partial charge is 0.486 e. The Morgan fingerprint density at radius 3 is 2.45 bits per heavy atom. The zero-order valence-corrected chi connectivity index (χ0v) is 17.7. The van der Waals surface area contributed by atoms with Crippen molar-refractivity contribution in [3.63, 3.8) is 0 Å². The molecular formula is C23H22N2O5S. The van der Waals surface area contributed by atoms with Crippen LogP contribution in [0.5, 0.6) is 11.5 Å². The average molecular weight is 439 g/mol. The molecule has 1 amide bonds. The van der Waals surface area contributed by atoms with Gasteiger partial charge in [-0.25, -0.2) is 13.1 Å². The van der Waals surface area contributed by atoms with E-state index in [1.807, 2.05) is 30.3 Å². The zero-order valence-electron chi connectivity index (χ0n) is 16.9. The zero-order chi connectivity index (χ0) is 21.8. The van der Waals surface area contributed by atoms with Crippen LogP contribution in [-0.4, -0.2) is 27.5 Å². The van der Waals surface area contributed by atoms with E-state index in [1.54, 1.807) is 31.2 Å². The molecule has 0 aromatic heterocycles. The second-order valence-electron chi connectivity index (χ2n) is 7.10. The molecule has 0 atom stereocenters. The number of carbonyl (C=O) groups excluding carboxylic acids is 1. The third-order valence-electron chi connectivity index (χ3n) is 4.87. The predicted octanol–water partition coefficient (Wildman–Crippen LogP) is 3.50. The molecule has 3 aromatic rings. The topological polar surface area (TPSA) is 93.7 Å². The lowest BCUT2D eigenvalue weighted by molar-refractivity contribution is 0.102. The van der Waals surface area contributed by atoms with E-state index in [-0.39, 0.29) is 17.0 Å². The van der Waals surface area contributed by atoms with Gasteiger partial charge in [-0.15, -0.1) is 0 Å². The molecule has 160 valence electrons. The Balaban J connectivity index is 1.52. The van der Waals surface area contributed by atoms with Gasteiger partial charge < -0.3 is 14.8 Å². The standard InChI is InChI=1S/C23H22N2O5S/c1-16-7-9-19(31(27,28)24-15-17-5-3-2-4-6-17)14-20(16)23(26)25-18-8-10-21-22(13-18)30-12-11-29-21/h2-10,13-14,24H,11-12,15H2,1H3,(H,25,26). The van der Waals surface area contributed by atoms with Crippen LogP contribution in [0.4, 0.5) is 5.69 Å². The van der Waals surface area contributed by atoms with Crippen molar-refractivity contribution in [3.8, 4) is 11.5 Å². The summed E-state index contributed by atoms with van der Waals surface area (Å²) in [6.07, 6.45) is 0. The van der Waals surface area contributed by atoms with E-state index in [9.17, 15) is 13.2 Å². The molecule has 0 fully saturated rings. The van der Waals surface area contributed by atoms with E-state index in [1.165, 1.54) is 12.1 Å². The number of anilines is 1. The lowest BCUT2D eigenvalue weighted by atomic mass is 10.1. The number of fused-ring (bicyclic) bond motifs is 1. The van der Waals surface area contributed by atoms with Crippen molar-refractivity contribution in [1.82, 2.24) is 4.72 Å². The summed E-state index contributed by atoms with van der Waals surface area (Å²) in [6, 6.07) is 18.8. The molecule has 0 aliphatic carbocycles. The highest BCUT2D eigenvalue weighted by atomic mass is 32.2. The van der Waals surface area contributed by atoms with Crippen molar-refractivity contribution in [2.75, 3.05) is 18.5 Å². The number of aryl methyl sites for hydroxylation is 1. The maximum absolute atomic E-state index is 12.9. The van der Waals surface area contributed by atoms with Crippen LogP contribution in [0, 0.1) is 6.92 Å². The second-order valence-corrected chi connectivity index (χ2v) is 8.87. The molecule has 0 saturated heterocycles. The molecule has 31 heavy (non-hydrogen) atoms. The van der Waals surface area contributed by atoms with Gasteiger partial charge in [0.05, 0.1) is 4.90 Å². The summed E-state index contributed by atoms with van der Waals surface area (Å²) in [4.78, 5) is 12.9. The van der Waals surface area contributed by atoms with Gasteiger partial charge >= 0.3 is 0 Å². The van der Waals surface area contributed by atoms with Crippen molar-refractivity contribution >= 4 is 21.6 Å². The van der Waals surface area contributed by atoms with Crippen molar-refractivity contribution in [3.05, 3.63) is 83.4 Å². The molecule has 4 rings (SSSR count). The van der Waals surface area contributed by atoms with Crippen LogP contribution in [-0.2, 0) is 16.6 Å². The van der Waals surface area contributed by atoms with Crippen LogP contribution in [0.15, 0.2) is 71.6 Å². The maximum atomic E-state index is 12.9. The summed E-state index contributed by atoms with van der Waals surface area (Å²) in [7, 11) is -3.78. The SMILES string of the molecule is Cc1ccc(S(=O)(=O)NCc2ccccc2)cc1C(=O)Nc1ccc2c(c1)OCCO2. The first-order chi connectivity index (χ1) is 14.9. The minimum Gasteiger partial charge on any atom is -0.486 e. The Morgan fingerprint density at radius 2 is 1.68 bits per heavy atom. The van der Waals surface area contributed by atoms with E-state index in [4.69, 9.17) is 9.47 Å². The van der Waals surface area contributed by atoms with Gasteiger partial charge in [0.1, 0.15) is 13.2 Å². The Labute approximate surface area is 181 Å². The fourth-order valence-corrected chi connectivity index (χ4v) is 4.23. The van der Waals surface area contributed by atoms with Gasteiger partial charge in [0, 0.05) is 23.9 Å². The lowest BCUT2D eigenvalue weighted by Crippen LogP contribution is -2.24. The third kappa shape index (κ3) is 4.87. The second kappa shape index (κ2) is 8.79. The van der Waals surface area contributed by atoms with Gasteiger partial charge in [-0.1, -0.05) is 36.4 Å². The Bertz CT molecular complexity index is 1210. The highest BCUT2D eigenvalue weighted by Gasteiger charge is 2.19. The van der Waals surface area contributed by atoms with Crippen molar-refractivity contribution < 1.29 is 22.7 Å². The average Bonchev–Trinajstić information content (AvgIpc) is 2.78. The first-order valence-electron chi connectivity index (χ1n) is 9.78. The number of hydrogen-bond donors (Lipinski definition) is 2. The minimum atomic E-state index is -3.78. The van der Waals surface area contributed by atoms with Gasteiger partial charge in [-0.3, -0.25) is 4.79 Å². The summed E-state index contributed by atoms with van der Waals surface area (Å²) in [5, 5.41) is 2.80. The van der Waals surface area contributed by atoms with Gasteiger partial charge in [0.15, 0.2) is 11.5 Å². The number of ether oxygens (including phenoxy) is 2. The van der Waals surface area contributed by atoms with E-state index in [2.05, 4.69) is 10.0 Å². The summed E-state index contributed by atoms with van der Waals surface area (Å²) in [5.41, 5.74) is 2.31. The van der Waals surface area contributed by atoms with Gasteiger partial charge in [0.2, 0.25) is 10.0 Å². The molecule has 0 bridgehead atoms. The number of amides is 1. The number of rotatable bonds is 6. The summed E-state index contributed by atoms with van der Waals surface area (Å²) in [6.45, 7) is 2.85. The third-order valence-corrected chi connectivity index (χ3v) is 6.27. The molecule has 8 heteroatoms. The molecular weight excluding hydrogens is 416 g/mol. The van der Waals surface area contributed by atoms with Crippen molar-refractivity contribution in [2.24, 2.45) is 0 Å². The predicted molar refractivity (Wildman–Crippen MR) is 117 cm³/mol. The molecule has 1 heterocycles. The number of hydrogen-bond acceptors (Lipinski definition) is 5. The van der Waals surface area contributed by atoms with Crippen LogP contribution in [0.3, 0.4) is 0 Å². The van der Waals surface area contributed by atoms with Gasteiger partial charge in [0.25, 0.3) is 5.91 Å². The summed E-state index contributed by atoms with van der Waals surface area (Å²) < 4.78 is 39.1. The Kier molecular flexibility index (Phi) is 5.92. The molecule has 1 aliphatic rings. The molecule has 7 nitrogen and oxygen atoms in total. The van der Waals surface area contributed by atoms with Crippen LogP contribution in [0.1, 0.15) is 21.5 Å². The fraction of sp³-hybridized carbons (Fsp3) is 0.174. The molecule has 2 N–H and O–H groups in total. The number of sulfonamides is 1. The fourth-order valence-electron chi connectivity index (χ4n) is 3.19. The number of nitrogens with one attached hydrogen (secondary N) is 2. The Morgan fingerprint density at radius 1 is 0.935 bits per heavy atom. The molecule has 3 aromatic carbocycles. The van der Waals surface area contributed by atoms with E-state index < -0.39 is 15.9 Å². The van der Waals surface area contributed by atoms with Crippen LogP contribution in [0.25, 0.3) is 0 Å². The van der Waals surface area contributed by atoms with E-state index in [0.717, 1.165) is 5.56 Å². The number of benzene rings is 3. The van der Waals surface area contributed by atoms with Crippen LogP contribution in [0.2, 0.25) is 0 Å². The lowest BCUT2D eigenvalue weighted by Gasteiger charge is -2.19. The van der Waals surface area contributed by atoms with E-state index >= 15 is 0 Å². The van der Waals surface area contributed by atoms with Gasteiger partial charge in [-0.2, -0.15) is 0 Å². The quantitative estimate of drug-likeness (QED) is 0.614. The van der Waals surface area contributed by atoms with Crippen LogP contribution < -0.4 is 19.5 Å². The highest BCUT2D eigenvalue weighted by molar-refractivity contribution is 7.89. The first kappa shape index (κ1) is 20.9. The molecule has 0 radical (unpaired) electrons. The van der Waals surface area contributed by atoms with Crippen molar-refractivity contribution in [1.29, 1.82) is 0 Å². The van der Waals surface area contributed by atoms with Crippen molar-refractivity contribution in [2.45, 2.75) is 18.4 Å². The summed E-state index contributed by atoms with van der Waals surface area (Å²) in [5.74, 6) is 0.773. The molecule has 0 spiro atoms. The molecule has 1 aliphatic heterocycles. The Hall–Kier alpha value is -3.36. The molecule has 0 unspecified atom stereocenters. The van der Waals surface area contributed by atoms with Crippen LogP contribution >= 0.6 is 0 Å². The van der Waals surface area contributed by atoms with Gasteiger partial charge in [-0.05, 0) is 42.3 Å². The normalized spacial score (nSPS) is 12.9.